The van der Waals surface area contributed by atoms with Crippen molar-refractivity contribution in [1.82, 2.24) is 0 Å². The summed E-state index contributed by atoms with van der Waals surface area (Å²) in [4.78, 5) is 11.9. The van der Waals surface area contributed by atoms with Gasteiger partial charge in [0, 0.05) is 16.5 Å². The quantitative estimate of drug-likeness (QED) is 0.639. The van der Waals surface area contributed by atoms with Crippen LogP contribution in [0.4, 0.5) is 0 Å². The second-order valence-electron chi connectivity index (χ2n) is 5.94. The van der Waals surface area contributed by atoms with E-state index in [-0.39, 0.29) is 5.63 Å². The minimum Gasteiger partial charge on any atom is -0.488 e. The van der Waals surface area contributed by atoms with Crippen molar-refractivity contribution in [2.45, 2.75) is 27.4 Å². The fourth-order valence-electron chi connectivity index (χ4n) is 2.69. The molecule has 0 saturated carbocycles. The van der Waals surface area contributed by atoms with Gasteiger partial charge in [-0.3, -0.25) is 0 Å². The Labute approximate surface area is 141 Å². The van der Waals surface area contributed by atoms with Crippen molar-refractivity contribution in [1.29, 1.82) is 0 Å². The molecule has 0 atom stereocenters. The first-order chi connectivity index (χ1) is 11.5. The zero-order valence-electron chi connectivity index (χ0n) is 14.2. The predicted molar refractivity (Wildman–Crippen MR) is 97.6 cm³/mol. The van der Waals surface area contributed by atoms with Gasteiger partial charge < -0.3 is 9.15 Å². The molecule has 0 amide bonds. The lowest BCUT2D eigenvalue weighted by molar-refractivity contribution is 0.304. The van der Waals surface area contributed by atoms with Crippen LogP contribution in [-0.4, -0.2) is 0 Å². The summed E-state index contributed by atoms with van der Waals surface area (Å²) in [5.41, 5.74) is 4.90. The van der Waals surface area contributed by atoms with Crippen molar-refractivity contribution in [3.63, 3.8) is 0 Å². The molecule has 3 heteroatoms. The molecule has 0 saturated heterocycles. The fraction of sp³-hybridized carbons (Fsp3) is 0.190. The van der Waals surface area contributed by atoms with Crippen LogP contribution in [0.15, 0.2) is 52.2 Å². The van der Waals surface area contributed by atoms with Crippen LogP contribution >= 0.6 is 0 Å². The second kappa shape index (κ2) is 6.36. The van der Waals surface area contributed by atoms with Gasteiger partial charge in [-0.05, 0) is 49.6 Å². The van der Waals surface area contributed by atoms with E-state index < -0.39 is 0 Å². The number of hydrogen-bond donors (Lipinski definition) is 0. The van der Waals surface area contributed by atoms with Crippen molar-refractivity contribution in [3.8, 4) is 5.75 Å². The topological polar surface area (TPSA) is 39.4 Å². The van der Waals surface area contributed by atoms with Crippen LogP contribution < -0.4 is 10.4 Å². The van der Waals surface area contributed by atoms with Crippen molar-refractivity contribution >= 4 is 17.0 Å². The third-order valence-corrected chi connectivity index (χ3v) is 4.43. The molecule has 24 heavy (non-hydrogen) atoms. The van der Waals surface area contributed by atoms with E-state index in [1.807, 2.05) is 56.3 Å². The Bertz CT molecular complexity index is 963. The number of rotatable bonds is 4. The van der Waals surface area contributed by atoms with Gasteiger partial charge in [0.05, 0.1) is 0 Å². The SMILES string of the molecule is C=Cc1ccc(COc2ccc3c(C)c(C)c(=O)oc3c2C)cc1. The minimum atomic E-state index is -0.291. The number of hydrogen-bond acceptors (Lipinski definition) is 3. The van der Waals surface area contributed by atoms with Crippen molar-refractivity contribution in [3.05, 3.63) is 81.2 Å². The molecule has 3 rings (SSSR count). The maximum absolute atomic E-state index is 11.9. The van der Waals surface area contributed by atoms with Gasteiger partial charge in [-0.25, -0.2) is 4.79 Å². The van der Waals surface area contributed by atoms with Crippen LogP contribution in [0, 0.1) is 20.8 Å². The Kier molecular flexibility index (Phi) is 4.26. The summed E-state index contributed by atoms with van der Waals surface area (Å²) in [7, 11) is 0. The summed E-state index contributed by atoms with van der Waals surface area (Å²) in [5.74, 6) is 0.724. The first-order valence-electron chi connectivity index (χ1n) is 7.89. The summed E-state index contributed by atoms with van der Waals surface area (Å²) in [6.07, 6.45) is 1.81. The van der Waals surface area contributed by atoms with E-state index in [9.17, 15) is 4.79 Å². The monoisotopic (exact) mass is 320 g/mol. The molecule has 0 N–H and O–H groups in total. The lowest BCUT2D eigenvalue weighted by Crippen LogP contribution is -2.06. The molecule has 1 aromatic heterocycles. The highest BCUT2D eigenvalue weighted by atomic mass is 16.5. The molecule has 0 aliphatic heterocycles. The summed E-state index contributed by atoms with van der Waals surface area (Å²) in [6.45, 7) is 9.84. The lowest BCUT2D eigenvalue weighted by Gasteiger charge is -2.12. The smallest absolute Gasteiger partial charge is 0.339 e. The predicted octanol–water partition coefficient (Wildman–Crippen LogP) is 4.94. The normalized spacial score (nSPS) is 10.8. The highest BCUT2D eigenvalue weighted by Gasteiger charge is 2.12. The Morgan fingerprint density at radius 1 is 1.00 bits per heavy atom. The molecule has 2 aromatic carbocycles. The van der Waals surface area contributed by atoms with Gasteiger partial charge in [0.2, 0.25) is 0 Å². The first-order valence-corrected chi connectivity index (χ1v) is 7.89. The molecule has 0 aliphatic rings. The average Bonchev–Trinajstić information content (AvgIpc) is 2.60. The first kappa shape index (κ1) is 16.1. The van der Waals surface area contributed by atoms with Crippen molar-refractivity contribution < 1.29 is 9.15 Å². The van der Waals surface area contributed by atoms with Gasteiger partial charge in [-0.1, -0.05) is 36.9 Å². The zero-order valence-corrected chi connectivity index (χ0v) is 14.2. The minimum absolute atomic E-state index is 0.291. The van der Waals surface area contributed by atoms with Crippen LogP contribution in [0.25, 0.3) is 17.0 Å². The average molecular weight is 320 g/mol. The highest BCUT2D eigenvalue weighted by Crippen LogP contribution is 2.29. The number of benzene rings is 2. The van der Waals surface area contributed by atoms with Crippen LogP contribution in [-0.2, 0) is 6.61 Å². The molecule has 0 fully saturated rings. The molecule has 122 valence electrons. The van der Waals surface area contributed by atoms with Crippen LogP contribution in [0.5, 0.6) is 5.75 Å². The Morgan fingerprint density at radius 2 is 1.71 bits per heavy atom. The molecule has 0 spiro atoms. The van der Waals surface area contributed by atoms with Crippen molar-refractivity contribution in [2.24, 2.45) is 0 Å². The van der Waals surface area contributed by atoms with E-state index in [0.717, 1.165) is 33.4 Å². The highest BCUT2D eigenvalue weighted by molar-refractivity contribution is 5.85. The largest absolute Gasteiger partial charge is 0.488 e. The van der Waals surface area contributed by atoms with Crippen molar-refractivity contribution in [2.75, 3.05) is 0 Å². The van der Waals surface area contributed by atoms with E-state index in [1.165, 1.54) is 0 Å². The molecular weight excluding hydrogens is 300 g/mol. The third-order valence-electron chi connectivity index (χ3n) is 4.43. The molecule has 0 radical (unpaired) electrons. The third kappa shape index (κ3) is 2.85. The van der Waals surface area contributed by atoms with E-state index >= 15 is 0 Å². The Hall–Kier alpha value is -2.81. The van der Waals surface area contributed by atoms with Crippen LogP contribution in [0.2, 0.25) is 0 Å². The number of ether oxygens (including phenoxy) is 1. The number of fused-ring (bicyclic) bond motifs is 1. The van der Waals surface area contributed by atoms with Gasteiger partial charge in [-0.15, -0.1) is 0 Å². The lowest BCUT2D eigenvalue weighted by atomic mass is 10.0. The molecule has 0 bridgehead atoms. The standard InChI is InChI=1S/C21H20O3/c1-5-16-6-8-17(9-7-16)12-23-19-11-10-18-13(2)14(3)21(22)24-20(18)15(19)4/h5-11H,1,12H2,2-4H3. The fourth-order valence-corrected chi connectivity index (χ4v) is 2.69. The maximum atomic E-state index is 11.9. The van der Waals surface area contributed by atoms with E-state index in [0.29, 0.717) is 17.8 Å². The van der Waals surface area contributed by atoms with Gasteiger partial charge >= 0.3 is 5.63 Å². The molecule has 0 aliphatic carbocycles. The molecule has 1 heterocycles. The molecular formula is C21H20O3. The van der Waals surface area contributed by atoms with Crippen LogP contribution in [0.1, 0.15) is 27.8 Å². The number of aryl methyl sites for hydroxylation is 2. The maximum Gasteiger partial charge on any atom is 0.339 e. The van der Waals surface area contributed by atoms with E-state index in [2.05, 4.69) is 6.58 Å². The Balaban J connectivity index is 1.92. The van der Waals surface area contributed by atoms with Gasteiger partial charge in [0.1, 0.15) is 17.9 Å². The zero-order chi connectivity index (χ0) is 17.3. The molecule has 3 aromatic rings. The van der Waals surface area contributed by atoms with Gasteiger partial charge in [0.25, 0.3) is 0 Å². The molecule has 3 nitrogen and oxygen atoms in total. The Morgan fingerprint density at radius 3 is 2.38 bits per heavy atom. The van der Waals surface area contributed by atoms with E-state index in [4.69, 9.17) is 9.15 Å². The van der Waals surface area contributed by atoms with Gasteiger partial charge in [0.15, 0.2) is 0 Å². The molecule has 0 unspecified atom stereocenters. The second-order valence-corrected chi connectivity index (χ2v) is 5.94. The van der Waals surface area contributed by atoms with Gasteiger partial charge in [-0.2, -0.15) is 0 Å². The summed E-state index contributed by atoms with van der Waals surface area (Å²) in [6, 6.07) is 11.9. The summed E-state index contributed by atoms with van der Waals surface area (Å²) >= 11 is 0. The van der Waals surface area contributed by atoms with E-state index in [1.54, 1.807) is 6.92 Å². The van der Waals surface area contributed by atoms with Crippen LogP contribution in [0.3, 0.4) is 0 Å². The summed E-state index contributed by atoms with van der Waals surface area (Å²) in [5, 5.41) is 0.951. The summed E-state index contributed by atoms with van der Waals surface area (Å²) < 4.78 is 11.4.